The summed E-state index contributed by atoms with van der Waals surface area (Å²) < 4.78 is 12.3. The van der Waals surface area contributed by atoms with Gasteiger partial charge < -0.3 is 19.7 Å². The van der Waals surface area contributed by atoms with E-state index in [9.17, 15) is 9.59 Å². The Balaban J connectivity index is 1.70. The molecule has 3 rings (SSSR count). The maximum atomic E-state index is 12.5. The number of likely N-dealkylation sites (tertiary alicyclic amines) is 1. The van der Waals surface area contributed by atoms with Crippen LogP contribution in [0.1, 0.15) is 11.1 Å². The summed E-state index contributed by atoms with van der Waals surface area (Å²) in [5, 5.41) is 7.33. The predicted octanol–water partition coefficient (Wildman–Crippen LogP) is 1.84. The van der Waals surface area contributed by atoms with Crippen molar-refractivity contribution in [1.82, 2.24) is 14.7 Å². The molecule has 0 aliphatic carbocycles. The third-order valence-corrected chi connectivity index (χ3v) is 4.78. The third-order valence-electron chi connectivity index (χ3n) is 4.78. The molecule has 1 aliphatic heterocycles. The molecule has 2 aromatic rings. The smallest absolute Gasteiger partial charge is 0.246 e. The van der Waals surface area contributed by atoms with Crippen molar-refractivity contribution in [1.29, 1.82) is 0 Å². The van der Waals surface area contributed by atoms with Gasteiger partial charge in [0.05, 0.1) is 32.9 Å². The highest BCUT2D eigenvalue weighted by atomic mass is 16.5. The van der Waals surface area contributed by atoms with Crippen LogP contribution in [0, 0.1) is 12.8 Å². The van der Waals surface area contributed by atoms with E-state index < -0.39 is 0 Å². The summed E-state index contributed by atoms with van der Waals surface area (Å²) in [6.07, 6.45) is 2.97. The Bertz CT molecular complexity index is 900. The molecule has 0 atom stereocenters. The van der Waals surface area contributed by atoms with Crippen LogP contribution >= 0.6 is 0 Å². The second-order valence-electron chi connectivity index (χ2n) is 6.66. The molecule has 1 aliphatic rings. The molecule has 0 saturated carbocycles. The second-order valence-corrected chi connectivity index (χ2v) is 6.66. The predicted molar refractivity (Wildman–Crippen MR) is 105 cm³/mol. The molecular weight excluding hydrogens is 360 g/mol. The van der Waals surface area contributed by atoms with Gasteiger partial charge in [0.25, 0.3) is 0 Å². The molecule has 0 spiro atoms. The molecule has 2 amide bonds. The average Bonchev–Trinajstić information content (AvgIpc) is 2.99. The van der Waals surface area contributed by atoms with Gasteiger partial charge in [0.15, 0.2) is 11.5 Å². The normalized spacial score (nSPS) is 13.6. The van der Waals surface area contributed by atoms with Crippen LogP contribution in [0.15, 0.2) is 37.1 Å². The number of rotatable bonds is 7. The fourth-order valence-electron chi connectivity index (χ4n) is 3.09. The zero-order chi connectivity index (χ0) is 20.3. The van der Waals surface area contributed by atoms with Crippen LogP contribution in [0.4, 0.5) is 5.82 Å². The van der Waals surface area contributed by atoms with Crippen LogP contribution in [0.25, 0.3) is 0 Å². The molecule has 0 bridgehead atoms. The van der Waals surface area contributed by atoms with Crippen LogP contribution in [-0.2, 0) is 16.1 Å². The standard InChI is InChI=1S/C20H24N4O4/c1-5-18(25)23-11-15(12-23)20(26)22-19-13(2)9-21-24(19)10-14-6-7-16(27-3)17(8-14)28-4/h5-9,15H,1,10-12H2,2-4H3,(H,22,26). The molecule has 1 fully saturated rings. The van der Waals surface area contributed by atoms with Crippen molar-refractivity contribution in [2.24, 2.45) is 5.92 Å². The highest BCUT2D eigenvalue weighted by molar-refractivity contribution is 5.95. The molecular formula is C20H24N4O4. The maximum absolute atomic E-state index is 12.5. The average molecular weight is 384 g/mol. The van der Waals surface area contributed by atoms with Crippen molar-refractivity contribution >= 4 is 17.6 Å². The largest absolute Gasteiger partial charge is 0.493 e. The first-order valence-electron chi connectivity index (χ1n) is 8.92. The van der Waals surface area contributed by atoms with Crippen LogP contribution in [0.5, 0.6) is 11.5 Å². The number of aryl methyl sites for hydroxylation is 1. The van der Waals surface area contributed by atoms with Gasteiger partial charge in [0.2, 0.25) is 11.8 Å². The Morgan fingerprint density at radius 1 is 1.29 bits per heavy atom. The number of anilines is 1. The number of ether oxygens (including phenoxy) is 2. The number of nitrogens with zero attached hydrogens (tertiary/aromatic N) is 3. The molecule has 1 saturated heterocycles. The summed E-state index contributed by atoms with van der Waals surface area (Å²) in [6, 6.07) is 5.64. The van der Waals surface area contributed by atoms with E-state index >= 15 is 0 Å². The number of benzene rings is 1. The summed E-state index contributed by atoms with van der Waals surface area (Å²) in [5.74, 6) is 1.43. The summed E-state index contributed by atoms with van der Waals surface area (Å²) in [4.78, 5) is 25.7. The van der Waals surface area contributed by atoms with Crippen LogP contribution < -0.4 is 14.8 Å². The van der Waals surface area contributed by atoms with Gasteiger partial charge in [0, 0.05) is 18.7 Å². The Kier molecular flexibility index (Phi) is 5.67. The number of hydrogen-bond donors (Lipinski definition) is 1. The minimum atomic E-state index is -0.229. The number of hydrogen-bond acceptors (Lipinski definition) is 5. The first-order valence-corrected chi connectivity index (χ1v) is 8.92. The van der Waals surface area contributed by atoms with Gasteiger partial charge in [-0.3, -0.25) is 9.59 Å². The van der Waals surface area contributed by atoms with Gasteiger partial charge in [-0.1, -0.05) is 12.6 Å². The lowest BCUT2D eigenvalue weighted by molar-refractivity contribution is -0.137. The lowest BCUT2D eigenvalue weighted by atomic mass is 9.99. The quantitative estimate of drug-likeness (QED) is 0.736. The van der Waals surface area contributed by atoms with Crippen molar-refractivity contribution in [2.75, 3.05) is 32.6 Å². The molecule has 1 aromatic carbocycles. The van der Waals surface area contributed by atoms with Gasteiger partial charge in [-0.05, 0) is 30.7 Å². The van der Waals surface area contributed by atoms with Crippen molar-refractivity contribution in [3.05, 3.63) is 48.2 Å². The number of methoxy groups -OCH3 is 2. The Hall–Kier alpha value is -3.29. The van der Waals surface area contributed by atoms with E-state index in [1.54, 1.807) is 30.0 Å². The van der Waals surface area contributed by atoms with Crippen LogP contribution in [-0.4, -0.2) is 53.8 Å². The number of carbonyl (C=O) groups excluding carboxylic acids is 2. The fourth-order valence-corrected chi connectivity index (χ4v) is 3.09. The first-order chi connectivity index (χ1) is 13.5. The molecule has 148 valence electrons. The monoisotopic (exact) mass is 384 g/mol. The molecule has 0 unspecified atom stereocenters. The summed E-state index contributed by atoms with van der Waals surface area (Å²) in [5.41, 5.74) is 1.83. The number of amides is 2. The minimum Gasteiger partial charge on any atom is -0.493 e. The number of carbonyl (C=O) groups is 2. The molecule has 2 heterocycles. The second kappa shape index (κ2) is 8.16. The Labute approximate surface area is 163 Å². The molecule has 28 heavy (non-hydrogen) atoms. The van der Waals surface area contributed by atoms with Gasteiger partial charge in [-0.15, -0.1) is 0 Å². The van der Waals surface area contributed by atoms with E-state index in [4.69, 9.17) is 9.47 Å². The first kappa shape index (κ1) is 19.5. The summed E-state index contributed by atoms with van der Waals surface area (Å²) in [7, 11) is 3.18. The van der Waals surface area contributed by atoms with Crippen LogP contribution in [0.2, 0.25) is 0 Å². The molecule has 8 heteroatoms. The van der Waals surface area contributed by atoms with Crippen molar-refractivity contribution in [3.8, 4) is 11.5 Å². The third kappa shape index (κ3) is 3.85. The van der Waals surface area contributed by atoms with Crippen molar-refractivity contribution in [2.45, 2.75) is 13.5 Å². The molecule has 0 radical (unpaired) electrons. The maximum Gasteiger partial charge on any atom is 0.246 e. The molecule has 1 aromatic heterocycles. The van der Waals surface area contributed by atoms with E-state index in [0.717, 1.165) is 11.1 Å². The van der Waals surface area contributed by atoms with E-state index in [1.807, 2.05) is 25.1 Å². The van der Waals surface area contributed by atoms with E-state index in [-0.39, 0.29) is 17.7 Å². The Morgan fingerprint density at radius 2 is 2.00 bits per heavy atom. The van der Waals surface area contributed by atoms with Gasteiger partial charge in [-0.25, -0.2) is 4.68 Å². The minimum absolute atomic E-state index is 0.120. The fraction of sp³-hybridized carbons (Fsp3) is 0.350. The summed E-state index contributed by atoms with van der Waals surface area (Å²) >= 11 is 0. The highest BCUT2D eigenvalue weighted by Crippen LogP contribution is 2.28. The van der Waals surface area contributed by atoms with Crippen molar-refractivity contribution in [3.63, 3.8) is 0 Å². The topological polar surface area (TPSA) is 85.7 Å². The van der Waals surface area contributed by atoms with Crippen LogP contribution in [0.3, 0.4) is 0 Å². The van der Waals surface area contributed by atoms with Crippen molar-refractivity contribution < 1.29 is 19.1 Å². The number of nitrogens with one attached hydrogen (secondary N) is 1. The summed E-state index contributed by atoms with van der Waals surface area (Å²) in [6.45, 7) is 6.62. The zero-order valence-electron chi connectivity index (χ0n) is 16.3. The lowest BCUT2D eigenvalue weighted by Crippen LogP contribution is -2.54. The molecule has 8 nitrogen and oxygen atoms in total. The van der Waals surface area contributed by atoms with E-state index in [0.29, 0.717) is 37.0 Å². The molecule has 1 N–H and O–H groups in total. The van der Waals surface area contributed by atoms with Gasteiger partial charge >= 0.3 is 0 Å². The zero-order valence-corrected chi connectivity index (χ0v) is 16.3. The van der Waals surface area contributed by atoms with E-state index in [2.05, 4.69) is 17.0 Å². The number of aromatic nitrogens is 2. The van der Waals surface area contributed by atoms with E-state index in [1.165, 1.54) is 6.08 Å². The van der Waals surface area contributed by atoms with Gasteiger partial charge in [-0.2, -0.15) is 5.10 Å². The Morgan fingerprint density at radius 3 is 2.64 bits per heavy atom. The lowest BCUT2D eigenvalue weighted by Gasteiger charge is -2.37. The highest BCUT2D eigenvalue weighted by Gasteiger charge is 2.35. The SMILES string of the molecule is C=CC(=O)N1CC(C(=O)Nc2c(C)cnn2Cc2ccc(OC)c(OC)c2)C1. The van der Waals surface area contributed by atoms with Gasteiger partial charge in [0.1, 0.15) is 5.82 Å².